The third-order valence-electron chi connectivity index (χ3n) is 5.88. The SMILES string of the molecule is O=C(c1ccc(-c2ccccc2)cc1)N1CC2=C(C=CCC2)Cc2ccccc21. The molecular weight excluding hydrogens is 354 g/mol. The number of rotatable bonds is 2. The van der Waals surface area contributed by atoms with Crippen LogP contribution < -0.4 is 4.90 Å². The molecule has 2 nitrogen and oxygen atoms in total. The second-order valence-electron chi connectivity index (χ2n) is 7.71. The lowest BCUT2D eigenvalue weighted by molar-refractivity contribution is 0.0989. The lowest BCUT2D eigenvalue weighted by atomic mass is 9.94. The number of hydrogen-bond acceptors (Lipinski definition) is 1. The van der Waals surface area contributed by atoms with Crippen molar-refractivity contribution in [3.63, 3.8) is 0 Å². The summed E-state index contributed by atoms with van der Waals surface area (Å²) in [6, 6.07) is 26.6. The maximum atomic E-state index is 13.5. The first-order chi connectivity index (χ1) is 14.3. The van der Waals surface area contributed by atoms with E-state index < -0.39 is 0 Å². The van der Waals surface area contributed by atoms with Crippen LogP contribution in [0.4, 0.5) is 5.69 Å². The van der Waals surface area contributed by atoms with Gasteiger partial charge in [0, 0.05) is 17.8 Å². The minimum absolute atomic E-state index is 0.0698. The number of fused-ring (bicyclic) bond motifs is 1. The summed E-state index contributed by atoms with van der Waals surface area (Å²) in [6.07, 6.45) is 7.50. The van der Waals surface area contributed by atoms with Crippen LogP contribution in [0.15, 0.2) is 102 Å². The first-order valence-electron chi connectivity index (χ1n) is 10.2. The van der Waals surface area contributed by atoms with Crippen LogP contribution in [-0.4, -0.2) is 12.5 Å². The first kappa shape index (κ1) is 17.7. The average molecular weight is 377 g/mol. The van der Waals surface area contributed by atoms with Crippen LogP contribution in [0.2, 0.25) is 0 Å². The molecule has 2 aliphatic rings. The van der Waals surface area contributed by atoms with Gasteiger partial charge in [-0.1, -0.05) is 72.8 Å². The first-order valence-corrected chi connectivity index (χ1v) is 10.2. The Morgan fingerprint density at radius 2 is 1.52 bits per heavy atom. The van der Waals surface area contributed by atoms with Crippen molar-refractivity contribution >= 4 is 11.6 Å². The molecule has 1 amide bonds. The van der Waals surface area contributed by atoms with Crippen molar-refractivity contribution < 1.29 is 4.79 Å². The Bertz CT molecular complexity index is 1110. The number of anilines is 1. The third-order valence-corrected chi connectivity index (χ3v) is 5.88. The maximum Gasteiger partial charge on any atom is 0.258 e. The van der Waals surface area contributed by atoms with Gasteiger partial charge in [-0.3, -0.25) is 4.79 Å². The zero-order valence-electron chi connectivity index (χ0n) is 16.3. The van der Waals surface area contributed by atoms with Gasteiger partial charge in [-0.25, -0.2) is 0 Å². The van der Waals surface area contributed by atoms with Crippen LogP contribution in [0.5, 0.6) is 0 Å². The highest BCUT2D eigenvalue weighted by atomic mass is 16.2. The van der Waals surface area contributed by atoms with E-state index in [0.717, 1.165) is 41.6 Å². The number of carbonyl (C=O) groups excluding carboxylic acids is 1. The standard InChI is InChI=1S/C27H23NO/c29-27(22-16-14-21(15-17-22)20-8-2-1-3-9-20)28-19-25-12-5-4-10-23(25)18-24-11-6-7-13-26(24)28/h1-4,6-11,13-17H,5,12,18-19H2. The molecule has 29 heavy (non-hydrogen) atoms. The molecular formula is C27H23NO. The molecule has 0 aromatic heterocycles. The van der Waals surface area contributed by atoms with E-state index in [-0.39, 0.29) is 5.91 Å². The normalized spacial score (nSPS) is 15.5. The van der Waals surface area contributed by atoms with Gasteiger partial charge >= 0.3 is 0 Å². The fourth-order valence-electron chi connectivity index (χ4n) is 4.30. The minimum Gasteiger partial charge on any atom is -0.304 e. The van der Waals surface area contributed by atoms with E-state index in [1.165, 1.54) is 16.7 Å². The van der Waals surface area contributed by atoms with Crippen molar-refractivity contribution in [1.29, 1.82) is 0 Å². The van der Waals surface area contributed by atoms with E-state index in [9.17, 15) is 4.79 Å². The predicted octanol–water partition coefficient (Wildman–Crippen LogP) is 6.20. The second kappa shape index (κ2) is 7.56. The zero-order chi connectivity index (χ0) is 19.6. The second-order valence-corrected chi connectivity index (χ2v) is 7.71. The molecule has 5 rings (SSSR count). The van der Waals surface area contributed by atoms with E-state index in [1.807, 2.05) is 53.4 Å². The molecule has 0 saturated carbocycles. The summed E-state index contributed by atoms with van der Waals surface area (Å²) in [4.78, 5) is 15.5. The van der Waals surface area contributed by atoms with Gasteiger partial charge in [0.05, 0.1) is 0 Å². The average Bonchev–Trinajstić information content (AvgIpc) is 2.96. The Morgan fingerprint density at radius 1 is 0.793 bits per heavy atom. The Hall–Kier alpha value is -3.39. The number of amides is 1. The van der Waals surface area contributed by atoms with Gasteiger partial charge in [0.25, 0.3) is 5.91 Å². The molecule has 142 valence electrons. The molecule has 1 aliphatic heterocycles. The number of allylic oxidation sites excluding steroid dienone is 3. The smallest absolute Gasteiger partial charge is 0.258 e. The Morgan fingerprint density at radius 3 is 2.34 bits per heavy atom. The minimum atomic E-state index is 0.0698. The van der Waals surface area contributed by atoms with Crippen molar-refractivity contribution in [3.8, 4) is 11.1 Å². The molecule has 0 saturated heterocycles. The van der Waals surface area contributed by atoms with Crippen molar-refractivity contribution in [2.75, 3.05) is 11.4 Å². The van der Waals surface area contributed by atoms with Gasteiger partial charge in [-0.2, -0.15) is 0 Å². The monoisotopic (exact) mass is 377 g/mol. The van der Waals surface area contributed by atoms with Crippen molar-refractivity contribution in [2.45, 2.75) is 19.3 Å². The summed E-state index contributed by atoms with van der Waals surface area (Å²) in [5, 5.41) is 0. The predicted molar refractivity (Wildman–Crippen MR) is 119 cm³/mol. The fraction of sp³-hybridized carbons (Fsp3) is 0.148. The molecule has 0 unspecified atom stereocenters. The van der Waals surface area contributed by atoms with Crippen LogP contribution in [0, 0.1) is 0 Å². The fourth-order valence-corrected chi connectivity index (χ4v) is 4.30. The molecule has 3 aromatic rings. The Kier molecular flexibility index (Phi) is 4.61. The number of carbonyl (C=O) groups is 1. The van der Waals surface area contributed by atoms with E-state index in [0.29, 0.717) is 6.54 Å². The Labute approximate surface area is 171 Å². The number of hydrogen-bond donors (Lipinski definition) is 0. The molecule has 0 bridgehead atoms. The van der Waals surface area contributed by atoms with Crippen LogP contribution in [-0.2, 0) is 6.42 Å². The van der Waals surface area contributed by atoms with Gasteiger partial charge in [-0.15, -0.1) is 0 Å². The van der Waals surface area contributed by atoms with Gasteiger partial charge in [0.2, 0.25) is 0 Å². The summed E-state index contributed by atoms with van der Waals surface area (Å²) in [6.45, 7) is 0.677. The molecule has 0 N–H and O–H groups in total. The van der Waals surface area contributed by atoms with E-state index in [4.69, 9.17) is 0 Å². The molecule has 1 aliphatic carbocycles. The molecule has 0 fully saturated rings. The zero-order valence-corrected chi connectivity index (χ0v) is 16.3. The van der Waals surface area contributed by atoms with Crippen LogP contribution >= 0.6 is 0 Å². The van der Waals surface area contributed by atoms with Gasteiger partial charge in [0.1, 0.15) is 0 Å². The largest absolute Gasteiger partial charge is 0.304 e. The number of benzene rings is 3. The molecule has 0 atom stereocenters. The number of para-hydroxylation sites is 1. The van der Waals surface area contributed by atoms with Gasteiger partial charge in [-0.05, 0) is 65.3 Å². The summed E-state index contributed by atoms with van der Waals surface area (Å²) in [5.74, 6) is 0.0698. The Balaban J connectivity index is 1.50. The summed E-state index contributed by atoms with van der Waals surface area (Å²) < 4.78 is 0. The highest BCUT2D eigenvalue weighted by molar-refractivity contribution is 6.07. The lowest BCUT2D eigenvalue weighted by Gasteiger charge is -2.25. The van der Waals surface area contributed by atoms with Crippen LogP contribution in [0.25, 0.3) is 11.1 Å². The summed E-state index contributed by atoms with van der Waals surface area (Å²) in [5.41, 5.74) is 8.04. The molecule has 0 spiro atoms. The highest BCUT2D eigenvalue weighted by Gasteiger charge is 2.26. The van der Waals surface area contributed by atoms with Crippen LogP contribution in [0.1, 0.15) is 28.8 Å². The summed E-state index contributed by atoms with van der Waals surface area (Å²) in [7, 11) is 0. The highest BCUT2D eigenvalue weighted by Crippen LogP contribution is 2.34. The molecule has 3 aromatic carbocycles. The molecule has 2 heteroatoms. The molecule has 0 radical (unpaired) electrons. The lowest BCUT2D eigenvalue weighted by Crippen LogP contribution is -2.33. The van der Waals surface area contributed by atoms with E-state index in [2.05, 4.69) is 42.5 Å². The van der Waals surface area contributed by atoms with Crippen molar-refractivity contribution in [1.82, 2.24) is 0 Å². The van der Waals surface area contributed by atoms with Crippen molar-refractivity contribution in [3.05, 3.63) is 113 Å². The third kappa shape index (κ3) is 3.42. The summed E-state index contributed by atoms with van der Waals surface area (Å²) >= 11 is 0. The maximum absolute atomic E-state index is 13.5. The topological polar surface area (TPSA) is 20.3 Å². The quantitative estimate of drug-likeness (QED) is 0.520. The van der Waals surface area contributed by atoms with E-state index >= 15 is 0 Å². The van der Waals surface area contributed by atoms with E-state index in [1.54, 1.807) is 0 Å². The van der Waals surface area contributed by atoms with Gasteiger partial charge in [0.15, 0.2) is 0 Å². The van der Waals surface area contributed by atoms with Gasteiger partial charge < -0.3 is 4.90 Å². The number of nitrogens with zero attached hydrogens (tertiary/aromatic N) is 1. The molecule has 1 heterocycles. The van der Waals surface area contributed by atoms with Crippen molar-refractivity contribution in [2.24, 2.45) is 0 Å². The van der Waals surface area contributed by atoms with Crippen LogP contribution in [0.3, 0.4) is 0 Å².